The zero-order chi connectivity index (χ0) is 15.9. The lowest BCUT2D eigenvalue weighted by molar-refractivity contribution is -0.0638. The number of fused-ring (bicyclic) bond motifs is 1. The quantitative estimate of drug-likeness (QED) is 0.653. The van der Waals surface area contributed by atoms with Gasteiger partial charge >= 0.3 is 0 Å². The third kappa shape index (κ3) is 2.50. The maximum absolute atomic E-state index is 10.2. The monoisotopic (exact) mass is 329 g/mol. The minimum Gasteiger partial charge on any atom is -0.387 e. The van der Waals surface area contributed by atoms with Crippen LogP contribution < -0.4 is 5.73 Å². The molecule has 0 aliphatic carbocycles. The molecule has 0 bridgehead atoms. The first kappa shape index (κ1) is 15.4. The Bertz CT molecular complexity index is 681. The summed E-state index contributed by atoms with van der Waals surface area (Å²) in [7, 11) is 0. The van der Waals surface area contributed by atoms with Crippen LogP contribution in [0.2, 0.25) is 5.28 Å². The number of imidazole rings is 1. The fourth-order valence-electron chi connectivity index (χ4n) is 2.43. The van der Waals surface area contributed by atoms with Gasteiger partial charge in [-0.2, -0.15) is 9.97 Å². The molecule has 0 aromatic carbocycles. The van der Waals surface area contributed by atoms with Crippen molar-refractivity contribution >= 4 is 28.6 Å². The van der Waals surface area contributed by atoms with Gasteiger partial charge < -0.3 is 25.4 Å². The highest BCUT2D eigenvalue weighted by Gasteiger charge is 2.44. The number of nitrogens with two attached hydrogens (primary N) is 1. The van der Waals surface area contributed by atoms with Gasteiger partial charge in [-0.25, -0.2) is 4.98 Å². The Balaban J connectivity index is 1.94. The number of hydrogen-bond acceptors (Lipinski definition) is 8. The van der Waals surface area contributed by atoms with E-state index in [0.717, 1.165) is 0 Å². The Labute approximate surface area is 130 Å². The molecular formula is C12H16ClN5O4. The second-order valence-corrected chi connectivity index (χ2v) is 5.25. The highest BCUT2D eigenvalue weighted by atomic mass is 35.5. The number of aromatic nitrogens is 4. The maximum atomic E-state index is 10.2. The third-order valence-electron chi connectivity index (χ3n) is 3.52. The lowest BCUT2D eigenvalue weighted by atomic mass is 10.1. The second kappa shape index (κ2) is 5.94. The predicted octanol–water partition coefficient (Wildman–Crippen LogP) is -0.282. The molecule has 9 nitrogen and oxygen atoms in total. The molecule has 2 aromatic heterocycles. The summed E-state index contributed by atoms with van der Waals surface area (Å²) >= 11 is 5.81. The van der Waals surface area contributed by atoms with Crippen LogP contribution in [0.1, 0.15) is 13.2 Å². The fraction of sp³-hybridized carbons (Fsp3) is 0.583. The van der Waals surface area contributed by atoms with Crippen molar-refractivity contribution in [3.05, 3.63) is 11.6 Å². The van der Waals surface area contributed by atoms with Crippen molar-refractivity contribution in [1.29, 1.82) is 0 Å². The molecule has 22 heavy (non-hydrogen) atoms. The lowest BCUT2D eigenvalue weighted by Gasteiger charge is -2.16. The van der Waals surface area contributed by atoms with Gasteiger partial charge in [0.15, 0.2) is 17.7 Å². The molecule has 1 aliphatic heterocycles. The van der Waals surface area contributed by atoms with Gasteiger partial charge in [-0.3, -0.25) is 4.57 Å². The van der Waals surface area contributed by atoms with Crippen LogP contribution in [0.4, 0.5) is 5.82 Å². The molecule has 0 saturated carbocycles. The van der Waals surface area contributed by atoms with Gasteiger partial charge in [0.2, 0.25) is 5.28 Å². The summed E-state index contributed by atoms with van der Waals surface area (Å²) < 4.78 is 12.4. The second-order valence-electron chi connectivity index (χ2n) is 4.91. The van der Waals surface area contributed by atoms with Gasteiger partial charge in [-0.05, 0) is 18.5 Å². The van der Waals surface area contributed by atoms with E-state index in [0.29, 0.717) is 17.8 Å². The Kier molecular flexibility index (Phi) is 4.15. The summed E-state index contributed by atoms with van der Waals surface area (Å²) in [6.45, 7) is 2.50. The van der Waals surface area contributed by atoms with Gasteiger partial charge in [0.1, 0.15) is 23.8 Å². The molecule has 2 unspecified atom stereocenters. The summed E-state index contributed by atoms with van der Waals surface area (Å²) in [4.78, 5) is 12.0. The number of nitrogens with zero attached hydrogens (tertiary/aromatic N) is 4. The zero-order valence-corrected chi connectivity index (χ0v) is 12.5. The van der Waals surface area contributed by atoms with Crippen molar-refractivity contribution < 1.29 is 19.7 Å². The van der Waals surface area contributed by atoms with E-state index in [4.69, 9.17) is 26.8 Å². The number of hydrogen-bond donors (Lipinski definition) is 3. The SMILES string of the molecule is CCOC[C@H]1O[C@@H](n2cnc3c(N)nc(Cl)nc32)C(O)C1O. The molecule has 1 aliphatic rings. The first-order chi connectivity index (χ1) is 10.5. The minimum atomic E-state index is -1.15. The molecule has 0 amide bonds. The van der Waals surface area contributed by atoms with E-state index in [2.05, 4.69) is 15.0 Å². The number of aliphatic hydroxyl groups excluding tert-OH is 2. The Morgan fingerprint density at radius 2 is 2.18 bits per heavy atom. The fourth-order valence-corrected chi connectivity index (χ4v) is 2.60. The van der Waals surface area contributed by atoms with Crippen molar-refractivity contribution in [3.63, 3.8) is 0 Å². The average Bonchev–Trinajstić information content (AvgIpc) is 3.00. The molecule has 4 N–H and O–H groups in total. The molecule has 3 heterocycles. The van der Waals surface area contributed by atoms with Crippen LogP contribution in [0.5, 0.6) is 0 Å². The van der Waals surface area contributed by atoms with Gasteiger partial charge in [-0.15, -0.1) is 0 Å². The maximum Gasteiger partial charge on any atom is 0.226 e. The number of aliphatic hydroxyl groups is 2. The topological polar surface area (TPSA) is 129 Å². The Hall–Kier alpha value is -1.52. The zero-order valence-electron chi connectivity index (χ0n) is 11.8. The molecule has 4 atom stereocenters. The standard InChI is InChI=1S/C12H16ClN5O4/c1-2-21-3-5-7(19)8(20)11(22-5)18-4-15-6-9(14)16-12(13)17-10(6)18/h4-5,7-8,11,19-20H,2-3H2,1H3,(H2,14,16,17)/t5-,7?,8?,11-/m1/s1. The van der Waals surface area contributed by atoms with E-state index < -0.39 is 24.5 Å². The highest BCUT2D eigenvalue weighted by molar-refractivity contribution is 6.28. The van der Waals surface area contributed by atoms with Crippen LogP contribution in [0.3, 0.4) is 0 Å². The largest absolute Gasteiger partial charge is 0.387 e. The van der Waals surface area contributed by atoms with Gasteiger partial charge in [-0.1, -0.05) is 0 Å². The van der Waals surface area contributed by atoms with E-state index in [1.54, 1.807) is 0 Å². The van der Waals surface area contributed by atoms with E-state index in [1.165, 1.54) is 10.9 Å². The summed E-state index contributed by atoms with van der Waals surface area (Å²) in [5.74, 6) is 0.132. The smallest absolute Gasteiger partial charge is 0.226 e. The Morgan fingerprint density at radius 3 is 2.91 bits per heavy atom. The van der Waals surface area contributed by atoms with Crippen molar-refractivity contribution in [2.75, 3.05) is 18.9 Å². The van der Waals surface area contributed by atoms with Crippen LogP contribution in [-0.2, 0) is 9.47 Å². The minimum absolute atomic E-state index is 0.0364. The molecule has 1 saturated heterocycles. The number of anilines is 1. The normalized spacial score (nSPS) is 28.5. The van der Waals surface area contributed by atoms with Crippen molar-refractivity contribution in [1.82, 2.24) is 19.5 Å². The number of ether oxygens (including phenoxy) is 2. The van der Waals surface area contributed by atoms with Crippen molar-refractivity contribution in [2.24, 2.45) is 0 Å². The van der Waals surface area contributed by atoms with E-state index >= 15 is 0 Å². The van der Waals surface area contributed by atoms with Crippen molar-refractivity contribution in [3.8, 4) is 0 Å². The van der Waals surface area contributed by atoms with Crippen LogP contribution in [-0.4, -0.2) is 61.3 Å². The molecule has 10 heteroatoms. The van der Waals surface area contributed by atoms with Crippen LogP contribution in [0.15, 0.2) is 6.33 Å². The molecular weight excluding hydrogens is 314 g/mol. The molecule has 120 valence electrons. The summed E-state index contributed by atoms with van der Waals surface area (Å²) in [5.41, 5.74) is 6.41. The number of rotatable bonds is 4. The average molecular weight is 330 g/mol. The highest BCUT2D eigenvalue weighted by Crippen LogP contribution is 2.32. The summed E-state index contributed by atoms with van der Waals surface area (Å²) in [6.07, 6.45) is -2.33. The summed E-state index contributed by atoms with van der Waals surface area (Å²) in [5, 5.41) is 20.2. The van der Waals surface area contributed by atoms with Crippen LogP contribution in [0, 0.1) is 0 Å². The van der Waals surface area contributed by atoms with Gasteiger partial charge in [0.25, 0.3) is 0 Å². The number of nitrogen functional groups attached to an aromatic ring is 1. The first-order valence-corrected chi connectivity index (χ1v) is 7.15. The van der Waals surface area contributed by atoms with Crippen molar-refractivity contribution in [2.45, 2.75) is 31.5 Å². The van der Waals surface area contributed by atoms with Crippen LogP contribution in [0.25, 0.3) is 11.2 Å². The third-order valence-corrected chi connectivity index (χ3v) is 3.69. The first-order valence-electron chi connectivity index (χ1n) is 6.77. The predicted molar refractivity (Wildman–Crippen MR) is 77.2 cm³/mol. The van der Waals surface area contributed by atoms with E-state index in [-0.39, 0.29) is 17.7 Å². The van der Waals surface area contributed by atoms with Gasteiger partial charge in [0.05, 0.1) is 12.9 Å². The Morgan fingerprint density at radius 1 is 1.41 bits per heavy atom. The molecule has 3 rings (SSSR count). The van der Waals surface area contributed by atoms with E-state index in [1.807, 2.05) is 6.92 Å². The molecule has 0 radical (unpaired) electrons. The van der Waals surface area contributed by atoms with E-state index in [9.17, 15) is 10.2 Å². The molecule has 1 fully saturated rings. The molecule has 0 spiro atoms. The number of halogens is 1. The molecule has 2 aromatic rings. The van der Waals surface area contributed by atoms with Crippen LogP contribution >= 0.6 is 11.6 Å². The lowest BCUT2D eigenvalue weighted by Crippen LogP contribution is -2.33. The summed E-state index contributed by atoms with van der Waals surface area (Å²) in [6, 6.07) is 0. The van der Waals surface area contributed by atoms with Gasteiger partial charge in [0, 0.05) is 6.61 Å².